The first-order valence-corrected chi connectivity index (χ1v) is 12.4. The fraction of sp³-hybridized carbons (Fsp3) is 0.286. The fourth-order valence-electron chi connectivity index (χ4n) is 3.96. The summed E-state index contributed by atoms with van der Waals surface area (Å²) in [6, 6.07) is 12.6. The van der Waals surface area contributed by atoms with Crippen molar-refractivity contribution >= 4 is 29.7 Å². The van der Waals surface area contributed by atoms with Crippen LogP contribution in [-0.2, 0) is 4.74 Å². The molecular weight excluding hydrogens is 518 g/mol. The molecule has 0 N–H and O–H groups in total. The number of rotatable bonds is 7. The minimum Gasteiger partial charge on any atom is -0.497 e. The molecule has 1 unspecified atom stereocenters. The van der Waals surface area contributed by atoms with E-state index in [-0.39, 0.29) is 30.1 Å². The summed E-state index contributed by atoms with van der Waals surface area (Å²) in [6.45, 7) is 7.12. The SMILES string of the molecule is Cc1nc(-c2cccc(C(=O)Oc3ccc([N+]4(C(=O)[O-])C=CN=C4CCN(C)C(=O)OC(C)(C)C)cc3)c2)no1. The Morgan fingerprint density at radius 1 is 1.10 bits per heavy atom. The van der Waals surface area contributed by atoms with Gasteiger partial charge in [-0.2, -0.15) is 9.47 Å². The third-order valence-corrected chi connectivity index (χ3v) is 5.92. The van der Waals surface area contributed by atoms with Crippen molar-refractivity contribution in [3.05, 3.63) is 72.4 Å². The Morgan fingerprint density at radius 2 is 1.82 bits per heavy atom. The van der Waals surface area contributed by atoms with E-state index >= 15 is 0 Å². The summed E-state index contributed by atoms with van der Waals surface area (Å²) in [4.78, 5) is 47.3. The van der Waals surface area contributed by atoms with Gasteiger partial charge in [0, 0.05) is 38.2 Å². The molecule has 1 atom stereocenters. The Balaban J connectivity index is 1.47. The second-order valence-electron chi connectivity index (χ2n) is 10.1. The van der Waals surface area contributed by atoms with Crippen molar-refractivity contribution in [2.24, 2.45) is 4.99 Å². The van der Waals surface area contributed by atoms with E-state index in [9.17, 15) is 19.5 Å². The second kappa shape index (κ2) is 11.1. The Kier molecular flexibility index (Phi) is 7.82. The number of amidine groups is 1. The van der Waals surface area contributed by atoms with Gasteiger partial charge in [-0.25, -0.2) is 14.6 Å². The third kappa shape index (κ3) is 6.07. The number of esters is 1. The van der Waals surface area contributed by atoms with Crippen LogP contribution in [0.5, 0.6) is 5.75 Å². The van der Waals surface area contributed by atoms with Crippen LogP contribution < -0.4 is 14.3 Å². The number of amides is 2. The zero-order valence-corrected chi connectivity index (χ0v) is 22.8. The van der Waals surface area contributed by atoms with Crippen molar-refractivity contribution in [1.29, 1.82) is 0 Å². The number of ether oxygens (including phenoxy) is 2. The van der Waals surface area contributed by atoms with E-state index < -0.39 is 28.2 Å². The van der Waals surface area contributed by atoms with Crippen molar-refractivity contribution in [2.45, 2.75) is 39.7 Å². The predicted octanol–water partition coefficient (Wildman–Crippen LogP) is 4.06. The molecule has 1 aromatic heterocycles. The molecule has 12 heteroatoms. The van der Waals surface area contributed by atoms with Crippen LogP contribution in [0.4, 0.5) is 15.3 Å². The van der Waals surface area contributed by atoms with Gasteiger partial charge in [-0.1, -0.05) is 17.3 Å². The van der Waals surface area contributed by atoms with Crippen LogP contribution in [-0.4, -0.2) is 58.2 Å². The number of aliphatic imine (C=N–C) groups is 1. The smallest absolute Gasteiger partial charge is 0.410 e. The molecule has 0 bridgehead atoms. The molecule has 0 saturated carbocycles. The topological polar surface area (TPSA) is 147 Å². The van der Waals surface area contributed by atoms with Crippen LogP contribution in [0.25, 0.3) is 11.4 Å². The molecule has 0 radical (unpaired) electrons. The molecule has 0 spiro atoms. The summed E-state index contributed by atoms with van der Waals surface area (Å²) >= 11 is 0. The molecule has 3 aromatic rings. The molecule has 208 valence electrons. The van der Waals surface area contributed by atoms with Crippen molar-refractivity contribution < 1.29 is 33.5 Å². The van der Waals surface area contributed by atoms with Crippen molar-refractivity contribution in [2.75, 3.05) is 13.6 Å². The number of carbonyl (C=O) groups excluding carboxylic acids is 3. The number of aryl methyl sites for hydroxylation is 1. The lowest BCUT2D eigenvalue weighted by Gasteiger charge is -2.32. The summed E-state index contributed by atoms with van der Waals surface area (Å²) in [7, 11) is 1.56. The minimum absolute atomic E-state index is 0.143. The van der Waals surface area contributed by atoms with Crippen molar-refractivity contribution in [3.8, 4) is 17.1 Å². The lowest BCUT2D eigenvalue weighted by atomic mass is 10.1. The normalized spacial score (nSPS) is 16.4. The zero-order chi connectivity index (χ0) is 29.1. The van der Waals surface area contributed by atoms with Gasteiger partial charge in [-0.05, 0) is 45.0 Å². The van der Waals surface area contributed by atoms with E-state index in [2.05, 4.69) is 15.1 Å². The number of aromatic nitrogens is 2. The molecule has 1 aliphatic heterocycles. The van der Waals surface area contributed by atoms with Crippen molar-refractivity contribution in [3.63, 3.8) is 0 Å². The van der Waals surface area contributed by atoms with E-state index in [1.807, 2.05) is 0 Å². The van der Waals surface area contributed by atoms with Gasteiger partial charge in [0.25, 0.3) is 6.09 Å². The van der Waals surface area contributed by atoms with Crippen LogP contribution in [0.15, 0.2) is 70.4 Å². The van der Waals surface area contributed by atoms with Gasteiger partial charge < -0.3 is 28.8 Å². The maximum absolute atomic E-state index is 12.8. The van der Waals surface area contributed by atoms with Crippen molar-refractivity contribution in [1.82, 2.24) is 19.5 Å². The standard InChI is InChI=1S/C28H29N5O7/c1-18-30-24(31-40-18)19-7-6-8-20(17-19)25(34)38-22-11-9-21(10-12-22)33(27(36)37)16-14-29-23(33)13-15-32(5)26(35)39-28(2,3)4/h6-12,14,16-17H,13,15H2,1-5H3. The average Bonchev–Trinajstić information content (AvgIpc) is 3.54. The Labute approximate surface area is 230 Å². The van der Waals surface area contributed by atoms with E-state index in [4.69, 9.17) is 14.0 Å². The zero-order valence-electron chi connectivity index (χ0n) is 22.8. The van der Waals surface area contributed by atoms with Gasteiger partial charge in [-0.3, -0.25) is 0 Å². The minimum atomic E-state index is -1.43. The summed E-state index contributed by atoms with van der Waals surface area (Å²) < 4.78 is 15.1. The highest BCUT2D eigenvalue weighted by Gasteiger charge is 2.41. The van der Waals surface area contributed by atoms with Crippen LogP contribution in [0.3, 0.4) is 0 Å². The second-order valence-corrected chi connectivity index (χ2v) is 10.1. The molecule has 2 amide bonds. The maximum Gasteiger partial charge on any atom is 0.410 e. The Hall–Kier alpha value is -4.84. The van der Waals surface area contributed by atoms with E-state index in [0.717, 1.165) is 0 Å². The fourth-order valence-corrected chi connectivity index (χ4v) is 3.96. The van der Waals surface area contributed by atoms with E-state index in [0.29, 0.717) is 23.0 Å². The molecule has 12 nitrogen and oxygen atoms in total. The number of quaternary nitrogens is 1. The third-order valence-electron chi connectivity index (χ3n) is 5.92. The number of hydrogen-bond donors (Lipinski definition) is 0. The first-order chi connectivity index (χ1) is 18.9. The van der Waals surface area contributed by atoms with Gasteiger partial charge in [0.15, 0.2) is 0 Å². The number of hydrogen-bond acceptors (Lipinski definition) is 10. The molecule has 0 saturated heterocycles. The summed E-state index contributed by atoms with van der Waals surface area (Å²) in [6.07, 6.45) is 0.944. The highest BCUT2D eigenvalue weighted by atomic mass is 16.6. The monoisotopic (exact) mass is 547 g/mol. The molecule has 0 aliphatic carbocycles. The largest absolute Gasteiger partial charge is 0.497 e. The summed E-state index contributed by atoms with van der Waals surface area (Å²) in [5.41, 5.74) is 0.506. The van der Waals surface area contributed by atoms with Crippen LogP contribution in [0.1, 0.15) is 43.4 Å². The number of nitrogens with zero attached hydrogens (tertiary/aromatic N) is 5. The first kappa shape index (κ1) is 28.2. The highest BCUT2D eigenvalue weighted by molar-refractivity contribution is 6.10. The first-order valence-electron chi connectivity index (χ1n) is 12.4. The van der Waals surface area contributed by atoms with Crippen LogP contribution in [0, 0.1) is 6.92 Å². The maximum atomic E-state index is 12.8. The molecule has 40 heavy (non-hydrogen) atoms. The summed E-state index contributed by atoms with van der Waals surface area (Å²) in [5.74, 6) is 0.579. The molecule has 2 heterocycles. The molecular formula is C28H29N5O7. The van der Waals surface area contributed by atoms with Gasteiger partial charge in [-0.15, -0.1) is 0 Å². The number of benzene rings is 2. The highest BCUT2D eigenvalue weighted by Crippen LogP contribution is 2.31. The number of carboxylic acid groups (broad SMARTS) is 1. The van der Waals surface area contributed by atoms with Crippen LogP contribution >= 0.6 is 0 Å². The average molecular weight is 548 g/mol. The molecule has 1 aliphatic rings. The Bertz CT molecular complexity index is 1490. The van der Waals surface area contributed by atoms with Crippen LogP contribution in [0.2, 0.25) is 0 Å². The molecule has 2 aromatic carbocycles. The quantitative estimate of drug-likeness (QED) is 0.243. The Morgan fingerprint density at radius 3 is 2.45 bits per heavy atom. The van der Waals surface area contributed by atoms with Gasteiger partial charge in [0.05, 0.1) is 18.2 Å². The lowest BCUT2D eigenvalue weighted by molar-refractivity contribution is -0.257. The van der Waals surface area contributed by atoms with Gasteiger partial charge in [0.2, 0.25) is 17.6 Å². The predicted molar refractivity (Wildman–Crippen MR) is 143 cm³/mol. The lowest BCUT2D eigenvalue weighted by Crippen LogP contribution is -2.59. The molecule has 0 fully saturated rings. The van der Waals surface area contributed by atoms with Gasteiger partial charge >= 0.3 is 12.1 Å². The molecule has 4 rings (SSSR count). The van der Waals surface area contributed by atoms with Gasteiger partial charge in [0.1, 0.15) is 23.2 Å². The van der Waals surface area contributed by atoms with E-state index in [1.54, 1.807) is 59.0 Å². The summed E-state index contributed by atoms with van der Waals surface area (Å²) in [5, 5.41) is 16.3. The number of carbonyl (C=O) groups is 3. The van der Waals surface area contributed by atoms with E-state index in [1.165, 1.54) is 41.6 Å².